The van der Waals surface area contributed by atoms with Crippen LogP contribution in [-0.4, -0.2) is 18.4 Å². The summed E-state index contributed by atoms with van der Waals surface area (Å²) in [6, 6.07) is 7.74. The minimum Gasteiger partial charge on any atom is -0.352 e. The summed E-state index contributed by atoms with van der Waals surface area (Å²) in [6.07, 6.45) is 2.81. The molecule has 0 unspecified atom stereocenters. The Morgan fingerprint density at radius 3 is 2.41 bits per heavy atom. The highest BCUT2D eigenvalue weighted by molar-refractivity contribution is 6.13. The van der Waals surface area contributed by atoms with Gasteiger partial charge in [-0.25, -0.2) is 0 Å². The van der Waals surface area contributed by atoms with Gasteiger partial charge in [-0.2, -0.15) is 0 Å². The maximum atomic E-state index is 12.6. The second-order valence-corrected chi connectivity index (χ2v) is 6.83. The van der Waals surface area contributed by atoms with E-state index in [1.54, 1.807) is 6.08 Å². The number of benzene rings is 1. The van der Waals surface area contributed by atoms with E-state index < -0.39 is 5.41 Å². The third-order valence-corrected chi connectivity index (χ3v) is 4.01. The van der Waals surface area contributed by atoms with E-state index in [1.807, 2.05) is 24.3 Å². The second kappa shape index (κ2) is 5.95. The van der Waals surface area contributed by atoms with Crippen molar-refractivity contribution in [3.8, 4) is 0 Å². The molecule has 0 spiro atoms. The van der Waals surface area contributed by atoms with Gasteiger partial charge in [0.2, 0.25) is 11.8 Å². The van der Waals surface area contributed by atoms with Gasteiger partial charge in [-0.1, -0.05) is 45.0 Å². The van der Waals surface area contributed by atoms with Crippen molar-refractivity contribution < 1.29 is 9.59 Å². The molecule has 2 N–H and O–H groups in total. The van der Waals surface area contributed by atoms with E-state index in [1.165, 1.54) is 0 Å². The van der Waals surface area contributed by atoms with Crippen LogP contribution in [0.4, 0.5) is 5.69 Å². The molecule has 4 nitrogen and oxygen atoms in total. The van der Waals surface area contributed by atoms with Gasteiger partial charge in [0.05, 0.1) is 0 Å². The fraction of sp³-hybridized carbons (Fsp3) is 0.444. The standard InChI is InChI=1S/C18H24N2O2/c1-5-12-19-15(21)18(10-11-18)16(22)20-14-9-7-6-8-13(14)17(2,3)4/h5-9H,1,10-12H2,2-4H3,(H,19,21)(H,20,22). The number of nitrogens with one attached hydrogen (secondary N) is 2. The largest absolute Gasteiger partial charge is 0.352 e. The van der Waals surface area contributed by atoms with Gasteiger partial charge < -0.3 is 10.6 Å². The third-order valence-electron chi connectivity index (χ3n) is 4.01. The van der Waals surface area contributed by atoms with E-state index in [2.05, 4.69) is 38.0 Å². The van der Waals surface area contributed by atoms with Gasteiger partial charge in [-0.3, -0.25) is 9.59 Å². The van der Waals surface area contributed by atoms with E-state index >= 15 is 0 Å². The van der Waals surface area contributed by atoms with Gasteiger partial charge in [0.15, 0.2) is 0 Å². The Labute approximate surface area is 132 Å². The Kier molecular flexibility index (Phi) is 4.40. The molecule has 0 atom stereocenters. The fourth-order valence-corrected chi connectivity index (χ4v) is 2.50. The Bertz CT molecular complexity index is 595. The Hall–Kier alpha value is -2.10. The number of carbonyl (C=O) groups is 2. The lowest BCUT2D eigenvalue weighted by molar-refractivity contribution is -0.134. The molecule has 1 aromatic carbocycles. The van der Waals surface area contributed by atoms with Crippen LogP contribution in [0.2, 0.25) is 0 Å². The van der Waals surface area contributed by atoms with Crippen molar-refractivity contribution in [1.29, 1.82) is 0 Å². The predicted molar refractivity (Wildman–Crippen MR) is 88.6 cm³/mol. The van der Waals surface area contributed by atoms with E-state index in [4.69, 9.17) is 0 Å². The average molecular weight is 300 g/mol. The summed E-state index contributed by atoms with van der Waals surface area (Å²) in [4.78, 5) is 24.8. The summed E-state index contributed by atoms with van der Waals surface area (Å²) >= 11 is 0. The molecule has 0 saturated heterocycles. The first kappa shape index (κ1) is 16.3. The van der Waals surface area contributed by atoms with Crippen LogP contribution in [-0.2, 0) is 15.0 Å². The minimum atomic E-state index is -0.909. The summed E-state index contributed by atoms with van der Waals surface area (Å²) in [6.45, 7) is 10.2. The summed E-state index contributed by atoms with van der Waals surface area (Å²) in [5.74, 6) is -0.427. The molecule has 1 aliphatic carbocycles. The molecular weight excluding hydrogens is 276 g/mol. The van der Waals surface area contributed by atoms with Crippen LogP contribution in [0.25, 0.3) is 0 Å². The summed E-state index contributed by atoms with van der Waals surface area (Å²) in [5, 5.41) is 5.68. The number of anilines is 1. The van der Waals surface area contributed by atoms with Gasteiger partial charge in [0.1, 0.15) is 5.41 Å². The Balaban J connectivity index is 2.17. The van der Waals surface area contributed by atoms with Crippen molar-refractivity contribution in [2.45, 2.75) is 39.0 Å². The molecule has 1 fully saturated rings. The van der Waals surface area contributed by atoms with Crippen LogP contribution in [0.15, 0.2) is 36.9 Å². The Morgan fingerprint density at radius 1 is 1.23 bits per heavy atom. The smallest absolute Gasteiger partial charge is 0.240 e. The number of carbonyl (C=O) groups excluding carboxylic acids is 2. The molecule has 22 heavy (non-hydrogen) atoms. The molecule has 4 heteroatoms. The molecule has 2 rings (SSSR count). The third kappa shape index (κ3) is 3.21. The SMILES string of the molecule is C=CCNC(=O)C1(C(=O)Nc2ccccc2C(C)(C)C)CC1. The first-order valence-electron chi connectivity index (χ1n) is 7.61. The predicted octanol–water partition coefficient (Wildman–Crippen LogP) is 3.01. The molecule has 0 heterocycles. The fourth-order valence-electron chi connectivity index (χ4n) is 2.50. The molecular formula is C18H24N2O2. The molecule has 0 bridgehead atoms. The van der Waals surface area contributed by atoms with Crippen LogP contribution in [0.5, 0.6) is 0 Å². The zero-order valence-corrected chi connectivity index (χ0v) is 13.5. The van der Waals surface area contributed by atoms with Crippen molar-refractivity contribution >= 4 is 17.5 Å². The molecule has 118 valence electrons. The average Bonchev–Trinajstić information content (AvgIpc) is 3.26. The van der Waals surface area contributed by atoms with Crippen LogP contribution in [0, 0.1) is 5.41 Å². The summed E-state index contributed by atoms with van der Waals surface area (Å²) < 4.78 is 0. The van der Waals surface area contributed by atoms with E-state index in [-0.39, 0.29) is 17.2 Å². The van der Waals surface area contributed by atoms with E-state index in [0.29, 0.717) is 19.4 Å². The van der Waals surface area contributed by atoms with Gasteiger partial charge in [-0.15, -0.1) is 6.58 Å². The van der Waals surface area contributed by atoms with Crippen LogP contribution in [0.1, 0.15) is 39.2 Å². The van der Waals surface area contributed by atoms with Crippen LogP contribution < -0.4 is 10.6 Å². The van der Waals surface area contributed by atoms with Crippen molar-refractivity contribution in [2.24, 2.45) is 5.41 Å². The Morgan fingerprint density at radius 2 is 1.86 bits per heavy atom. The maximum absolute atomic E-state index is 12.6. The lowest BCUT2D eigenvalue weighted by Crippen LogP contribution is -2.40. The number of para-hydroxylation sites is 1. The topological polar surface area (TPSA) is 58.2 Å². The second-order valence-electron chi connectivity index (χ2n) is 6.83. The van der Waals surface area contributed by atoms with Gasteiger partial charge in [-0.05, 0) is 29.9 Å². The number of hydrogen-bond acceptors (Lipinski definition) is 2. The molecule has 0 aliphatic heterocycles. The van der Waals surface area contributed by atoms with Crippen molar-refractivity contribution in [3.05, 3.63) is 42.5 Å². The highest BCUT2D eigenvalue weighted by Gasteiger charge is 2.56. The van der Waals surface area contributed by atoms with Gasteiger partial charge in [0.25, 0.3) is 0 Å². The highest BCUT2D eigenvalue weighted by Crippen LogP contribution is 2.47. The summed E-state index contributed by atoms with van der Waals surface area (Å²) in [7, 11) is 0. The molecule has 0 radical (unpaired) electrons. The van der Waals surface area contributed by atoms with Gasteiger partial charge in [0, 0.05) is 12.2 Å². The normalized spacial score (nSPS) is 15.8. The minimum absolute atomic E-state index is 0.0777. The van der Waals surface area contributed by atoms with Crippen LogP contribution in [0.3, 0.4) is 0 Å². The zero-order chi connectivity index (χ0) is 16.4. The highest BCUT2D eigenvalue weighted by atomic mass is 16.2. The quantitative estimate of drug-likeness (QED) is 0.649. The first-order chi connectivity index (χ1) is 10.3. The van der Waals surface area contributed by atoms with E-state index in [0.717, 1.165) is 11.3 Å². The maximum Gasteiger partial charge on any atom is 0.240 e. The monoisotopic (exact) mass is 300 g/mol. The number of rotatable bonds is 5. The van der Waals surface area contributed by atoms with E-state index in [9.17, 15) is 9.59 Å². The van der Waals surface area contributed by atoms with Crippen molar-refractivity contribution in [3.63, 3.8) is 0 Å². The van der Waals surface area contributed by atoms with Gasteiger partial charge >= 0.3 is 0 Å². The number of amides is 2. The zero-order valence-electron chi connectivity index (χ0n) is 13.5. The lowest BCUT2D eigenvalue weighted by atomic mass is 9.85. The van der Waals surface area contributed by atoms with Crippen molar-refractivity contribution in [1.82, 2.24) is 5.32 Å². The number of hydrogen-bond donors (Lipinski definition) is 2. The molecule has 0 aromatic heterocycles. The molecule has 1 aliphatic rings. The van der Waals surface area contributed by atoms with Crippen LogP contribution >= 0.6 is 0 Å². The molecule has 1 aromatic rings. The molecule has 1 saturated carbocycles. The first-order valence-corrected chi connectivity index (χ1v) is 7.61. The van der Waals surface area contributed by atoms with Crippen molar-refractivity contribution in [2.75, 3.05) is 11.9 Å². The lowest BCUT2D eigenvalue weighted by Gasteiger charge is -2.24. The summed E-state index contributed by atoms with van der Waals surface area (Å²) in [5.41, 5.74) is 0.855. The molecule has 2 amide bonds.